The van der Waals surface area contributed by atoms with Crippen LogP contribution in [0.3, 0.4) is 0 Å². The summed E-state index contributed by atoms with van der Waals surface area (Å²) < 4.78 is 5.35. The average molecular weight is 249 g/mol. The van der Waals surface area contributed by atoms with E-state index in [-0.39, 0.29) is 0 Å². The van der Waals surface area contributed by atoms with Gasteiger partial charge in [-0.15, -0.1) is 0 Å². The van der Waals surface area contributed by atoms with Crippen LogP contribution in [0.4, 0.5) is 10.9 Å². The molecule has 2 aromatic rings. The Morgan fingerprint density at radius 3 is 2.65 bits per heavy atom. The highest BCUT2D eigenvalue weighted by molar-refractivity contribution is 7.19. The number of hydrogen-bond acceptors (Lipinski definition) is 5. The highest BCUT2D eigenvalue weighted by Gasteiger charge is 2.14. The normalized spacial score (nSPS) is 10.5. The molecular formula is C12H15N3OS. The lowest BCUT2D eigenvalue weighted by molar-refractivity contribution is 0.416. The number of nitrogens with zero attached hydrogens (tertiary/aromatic N) is 1. The first-order valence-corrected chi connectivity index (χ1v) is 6.16. The third-order valence-electron chi connectivity index (χ3n) is 2.59. The standard InChI is InChI=1S/C12H15N3OS/c1-3-7-4-5-9(16-2)8(6-7)10-11(13)15-12(14)17-10/h4-6H,3,13H2,1-2H3,(H2,14,15). The molecule has 0 atom stereocenters. The number of nitrogen functional groups attached to an aromatic ring is 2. The van der Waals surface area contributed by atoms with Gasteiger partial charge in [0.15, 0.2) is 5.13 Å². The molecule has 0 spiro atoms. The van der Waals surface area contributed by atoms with E-state index in [9.17, 15) is 0 Å². The zero-order valence-corrected chi connectivity index (χ0v) is 10.7. The van der Waals surface area contributed by atoms with E-state index in [1.54, 1.807) is 7.11 Å². The Kier molecular flexibility index (Phi) is 3.19. The van der Waals surface area contributed by atoms with Crippen LogP contribution in [0.2, 0.25) is 0 Å². The highest BCUT2D eigenvalue weighted by atomic mass is 32.1. The number of methoxy groups -OCH3 is 1. The second-order valence-corrected chi connectivity index (χ2v) is 4.69. The number of nitrogens with two attached hydrogens (primary N) is 2. The topological polar surface area (TPSA) is 74.2 Å². The molecule has 0 fully saturated rings. The van der Waals surface area contributed by atoms with Gasteiger partial charge in [-0.3, -0.25) is 0 Å². The number of thiazole rings is 1. The van der Waals surface area contributed by atoms with Crippen molar-refractivity contribution in [3.63, 3.8) is 0 Å². The molecule has 1 aromatic carbocycles. The van der Waals surface area contributed by atoms with Gasteiger partial charge in [0.25, 0.3) is 0 Å². The Morgan fingerprint density at radius 2 is 2.12 bits per heavy atom. The number of benzene rings is 1. The van der Waals surface area contributed by atoms with Crippen molar-refractivity contribution in [2.24, 2.45) is 0 Å². The Balaban J connectivity index is 2.59. The van der Waals surface area contributed by atoms with Gasteiger partial charge in [0.1, 0.15) is 11.6 Å². The molecule has 4 nitrogen and oxygen atoms in total. The largest absolute Gasteiger partial charge is 0.496 e. The number of hydrogen-bond donors (Lipinski definition) is 2. The third-order valence-corrected chi connectivity index (χ3v) is 3.52. The first-order chi connectivity index (χ1) is 8.15. The summed E-state index contributed by atoms with van der Waals surface area (Å²) in [6.45, 7) is 2.11. The second-order valence-electron chi connectivity index (χ2n) is 3.65. The molecule has 0 unspecified atom stereocenters. The van der Waals surface area contributed by atoms with E-state index in [1.165, 1.54) is 16.9 Å². The Hall–Kier alpha value is -1.75. The van der Waals surface area contributed by atoms with E-state index in [2.05, 4.69) is 18.0 Å². The molecule has 0 saturated carbocycles. The predicted octanol–water partition coefficient (Wildman–Crippen LogP) is 2.55. The quantitative estimate of drug-likeness (QED) is 0.876. The fourth-order valence-electron chi connectivity index (χ4n) is 1.69. The summed E-state index contributed by atoms with van der Waals surface area (Å²) in [6, 6.07) is 6.06. The van der Waals surface area contributed by atoms with Crippen LogP contribution in [0.15, 0.2) is 18.2 Å². The van der Waals surface area contributed by atoms with Crippen molar-refractivity contribution < 1.29 is 4.74 Å². The summed E-state index contributed by atoms with van der Waals surface area (Å²) in [5, 5.41) is 0.474. The van der Waals surface area contributed by atoms with Crippen molar-refractivity contribution in [1.82, 2.24) is 4.98 Å². The molecule has 0 radical (unpaired) electrons. The van der Waals surface area contributed by atoms with Crippen LogP contribution in [-0.4, -0.2) is 12.1 Å². The maximum Gasteiger partial charge on any atom is 0.182 e. The van der Waals surface area contributed by atoms with E-state index < -0.39 is 0 Å². The van der Waals surface area contributed by atoms with Crippen LogP contribution in [0.25, 0.3) is 10.4 Å². The molecule has 0 aliphatic carbocycles. The van der Waals surface area contributed by atoms with Crippen LogP contribution in [0.1, 0.15) is 12.5 Å². The number of aryl methyl sites for hydroxylation is 1. The first-order valence-electron chi connectivity index (χ1n) is 5.34. The van der Waals surface area contributed by atoms with Gasteiger partial charge in [0.05, 0.1) is 12.0 Å². The zero-order valence-electron chi connectivity index (χ0n) is 9.86. The van der Waals surface area contributed by atoms with Crippen molar-refractivity contribution in [1.29, 1.82) is 0 Å². The van der Waals surface area contributed by atoms with Crippen LogP contribution in [0.5, 0.6) is 5.75 Å². The van der Waals surface area contributed by atoms with Crippen molar-refractivity contribution >= 4 is 22.3 Å². The Labute approximate surface area is 104 Å². The zero-order chi connectivity index (χ0) is 12.4. The number of ether oxygens (including phenoxy) is 1. The summed E-state index contributed by atoms with van der Waals surface area (Å²) in [5.74, 6) is 1.25. The first kappa shape index (κ1) is 11.7. The van der Waals surface area contributed by atoms with Crippen LogP contribution in [-0.2, 0) is 6.42 Å². The van der Waals surface area contributed by atoms with Crippen LogP contribution in [0, 0.1) is 0 Å². The molecular weight excluding hydrogens is 234 g/mol. The fraction of sp³-hybridized carbons (Fsp3) is 0.250. The van der Waals surface area contributed by atoms with Crippen LogP contribution < -0.4 is 16.2 Å². The molecule has 0 aliphatic heterocycles. The lowest BCUT2D eigenvalue weighted by Crippen LogP contribution is -1.92. The Morgan fingerprint density at radius 1 is 1.35 bits per heavy atom. The third kappa shape index (κ3) is 2.19. The minimum absolute atomic E-state index is 0.457. The summed E-state index contributed by atoms with van der Waals surface area (Å²) >= 11 is 1.38. The van der Waals surface area contributed by atoms with Gasteiger partial charge in [0.2, 0.25) is 0 Å². The van der Waals surface area contributed by atoms with Gasteiger partial charge >= 0.3 is 0 Å². The van der Waals surface area contributed by atoms with Crippen molar-refractivity contribution in [2.75, 3.05) is 18.6 Å². The van der Waals surface area contributed by atoms with E-state index in [1.807, 2.05) is 12.1 Å². The van der Waals surface area contributed by atoms with E-state index in [0.29, 0.717) is 10.9 Å². The van der Waals surface area contributed by atoms with Crippen molar-refractivity contribution in [3.8, 4) is 16.2 Å². The number of anilines is 2. The second kappa shape index (κ2) is 4.63. The molecule has 2 rings (SSSR count). The minimum Gasteiger partial charge on any atom is -0.496 e. The SMILES string of the molecule is CCc1ccc(OC)c(-c2sc(N)nc2N)c1. The molecule has 0 aliphatic rings. The lowest BCUT2D eigenvalue weighted by Gasteiger charge is -2.08. The molecule has 0 bridgehead atoms. The van der Waals surface area contributed by atoms with Crippen molar-refractivity contribution in [2.45, 2.75) is 13.3 Å². The van der Waals surface area contributed by atoms with Gasteiger partial charge in [-0.2, -0.15) is 0 Å². The van der Waals surface area contributed by atoms with E-state index >= 15 is 0 Å². The van der Waals surface area contributed by atoms with Gasteiger partial charge in [-0.05, 0) is 24.1 Å². The smallest absolute Gasteiger partial charge is 0.182 e. The van der Waals surface area contributed by atoms with Crippen molar-refractivity contribution in [3.05, 3.63) is 23.8 Å². The summed E-state index contributed by atoms with van der Waals surface area (Å²) in [7, 11) is 1.64. The summed E-state index contributed by atoms with van der Waals surface area (Å²) in [5.41, 5.74) is 13.7. The minimum atomic E-state index is 0.457. The Bertz CT molecular complexity index is 537. The summed E-state index contributed by atoms with van der Waals surface area (Å²) in [4.78, 5) is 4.91. The molecule has 4 N–H and O–H groups in total. The number of rotatable bonds is 3. The molecule has 90 valence electrons. The number of aromatic nitrogens is 1. The highest BCUT2D eigenvalue weighted by Crippen LogP contribution is 2.39. The predicted molar refractivity (Wildman–Crippen MR) is 72.3 cm³/mol. The fourth-order valence-corrected chi connectivity index (χ4v) is 2.47. The molecule has 17 heavy (non-hydrogen) atoms. The molecule has 5 heteroatoms. The van der Waals surface area contributed by atoms with Crippen LogP contribution >= 0.6 is 11.3 Å². The maximum atomic E-state index is 5.85. The van der Waals surface area contributed by atoms with Gasteiger partial charge in [0, 0.05) is 5.56 Å². The van der Waals surface area contributed by atoms with E-state index in [4.69, 9.17) is 16.2 Å². The van der Waals surface area contributed by atoms with Gasteiger partial charge in [-0.25, -0.2) is 4.98 Å². The molecule has 1 aromatic heterocycles. The maximum absolute atomic E-state index is 5.85. The van der Waals surface area contributed by atoms with E-state index in [0.717, 1.165) is 22.6 Å². The monoisotopic (exact) mass is 249 g/mol. The van der Waals surface area contributed by atoms with Gasteiger partial charge < -0.3 is 16.2 Å². The average Bonchev–Trinajstić information content (AvgIpc) is 2.67. The molecule has 0 amide bonds. The lowest BCUT2D eigenvalue weighted by atomic mass is 10.1. The molecule has 1 heterocycles. The molecule has 0 saturated heterocycles. The summed E-state index contributed by atoms with van der Waals surface area (Å²) in [6.07, 6.45) is 0.963. The van der Waals surface area contributed by atoms with Gasteiger partial charge in [-0.1, -0.05) is 24.3 Å².